The fraction of sp³-hybridized carbons (Fsp3) is 0.733. The molecule has 0 spiro atoms. The summed E-state index contributed by atoms with van der Waals surface area (Å²) in [6, 6.07) is -0.676. The SMILES string of the molecule is C1CCC1.C=C(CCCCC)OCOC(=O)NC(C/C(=C/C)N=CCCC)C(=NC(C)(C)C=O)OC.C[I-]C. The van der Waals surface area contributed by atoms with Crippen LogP contribution in [0.1, 0.15) is 105 Å². The Hall–Kier alpha value is -1.91. The van der Waals surface area contributed by atoms with Gasteiger partial charge in [-0.2, -0.15) is 0 Å². The van der Waals surface area contributed by atoms with Gasteiger partial charge in [-0.1, -0.05) is 71.4 Å². The summed E-state index contributed by atoms with van der Waals surface area (Å²) in [7, 11) is 1.44. The van der Waals surface area contributed by atoms with E-state index in [2.05, 4.69) is 45.6 Å². The van der Waals surface area contributed by atoms with Gasteiger partial charge >= 0.3 is 37.2 Å². The van der Waals surface area contributed by atoms with E-state index in [0.717, 1.165) is 50.5 Å². The first-order valence-corrected chi connectivity index (χ1v) is 18.3. The van der Waals surface area contributed by atoms with E-state index < -0.39 is 17.7 Å². The van der Waals surface area contributed by atoms with E-state index >= 15 is 0 Å². The Kier molecular flexibility index (Phi) is 26.5. The molecule has 228 valence electrons. The average molecular weight is 665 g/mol. The van der Waals surface area contributed by atoms with Crippen molar-refractivity contribution in [2.24, 2.45) is 9.98 Å². The Bertz CT molecular complexity index is 743. The van der Waals surface area contributed by atoms with Gasteiger partial charge in [0, 0.05) is 24.8 Å². The molecule has 1 aliphatic rings. The van der Waals surface area contributed by atoms with Crippen LogP contribution < -0.4 is 26.5 Å². The second kappa shape index (κ2) is 26.3. The fourth-order valence-corrected chi connectivity index (χ4v) is 2.79. The van der Waals surface area contributed by atoms with Crippen molar-refractivity contribution in [3.05, 3.63) is 24.1 Å². The molecule has 1 saturated carbocycles. The second-order valence-corrected chi connectivity index (χ2v) is 11.8. The van der Waals surface area contributed by atoms with Crippen molar-refractivity contribution in [1.29, 1.82) is 0 Å². The summed E-state index contributed by atoms with van der Waals surface area (Å²) in [5.74, 6) is 0.783. The number of aliphatic imine (C=N–C) groups is 2. The van der Waals surface area contributed by atoms with Gasteiger partial charge in [0.25, 0.3) is 0 Å². The van der Waals surface area contributed by atoms with Crippen LogP contribution >= 0.6 is 0 Å². The van der Waals surface area contributed by atoms with Gasteiger partial charge in [0.05, 0.1) is 12.9 Å². The number of unbranched alkanes of at least 4 members (excludes halogenated alkanes) is 3. The maximum absolute atomic E-state index is 12.4. The van der Waals surface area contributed by atoms with Crippen molar-refractivity contribution in [1.82, 2.24) is 5.32 Å². The number of nitrogens with zero attached hydrogens (tertiary/aromatic N) is 2. The molecule has 0 bridgehead atoms. The molecule has 1 aliphatic carbocycles. The Balaban J connectivity index is 0. The third-order valence-electron chi connectivity index (χ3n) is 5.42. The van der Waals surface area contributed by atoms with Crippen LogP contribution in [0.5, 0.6) is 0 Å². The molecule has 9 heteroatoms. The number of amides is 1. The van der Waals surface area contributed by atoms with Crippen LogP contribution in [0.2, 0.25) is 0 Å². The van der Waals surface area contributed by atoms with E-state index in [9.17, 15) is 9.59 Å². The molecule has 0 saturated heterocycles. The van der Waals surface area contributed by atoms with E-state index in [1.165, 1.54) is 32.8 Å². The van der Waals surface area contributed by atoms with Gasteiger partial charge in [-0.25, -0.2) is 9.79 Å². The Labute approximate surface area is 248 Å². The molecule has 1 fully saturated rings. The van der Waals surface area contributed by atoms with Crippen LogP contribution in [-0.2, 0) is 19.0 Å². The minimum atomic E-state index is -1.00. The first kappa shape index (κ1) is 39.2. The topological polar surface area (TPSA) is 98.6 Å². The van der Waals surface area contributed by atoms with E-state index in [0.29, 0.717) is 33.4 Å². The van der Waals surface area contributed by atoms with Gasteiger partial charge in [0.15, 0.2) is 0 Å². The molecule has 0 aromatic carbocycles. The molecule has 8 nitrogen and oxygen atoms in total. The zero-order valence-corrected chi connectivity index (χ0v) is 28.0. The summed E-state index contributed by atoms with van der Waals surface area (Å²) in [5.41, 5.74) is -0.256. The first-order chi connectivity index (χ1) is 18.6. The Morgan fingerprint density at radius 1 is 1.10 bits per heavy atom. The summed E-state index contributed by atoms with van der Waals surface area (Å²) in [6.45, 7) is 13.0. The number of halogens is 1. The van der Waals surface area contributed by atoms with Crippen molar-refractivity contribution in [3.63, 3.8) is 0 Å². The van der Waals surface area contributed by atoms with E-state index in [-0.39, 0.29) is 12.7 Å². The molecule has 0 heterocycles. The maximum atomic E-state index is 12.4. The van der Waals surface area contributed by atoms with Gasteiger partial charge in [0.1, 0.15) is 17.9 Å². The van der Waals surface area contributed by atoms with E-state index in [1.807, 2.05) is 19.2 Å². The van der Waals surface area contributed by atoms with Gasteiger partial charge in [-0.05, 0) is 33.6 Å². The molecular weight excluding hydrogens is 609 g/mol. The van der Waals surface area contributed by atoms with Crippen molar-refractivity contribution in [2.75, 3.05) is 23.8 Å². The molecule has 1 unspecified atom stereocenters. The number of aldehydes is 1. The van der Waals surface area contributed by atoms with Crippen molar-refractivity contribution >= 4 is 24.5 Å². The quantitative estimate of drug-likeness (QED) is 0.0390. The second-order valence-electron chi connectivity index (χ2n) is 9.69. The van der Waals surface area contributed by atoms with Crippen LogP contribution in [0.25, 0.3) is 0 Å². The van der Waals surface area contributed by atoms with Crippen molar-refractivity contribution in [3.8, 4) is 0 Å². The number of alkyl halides is 2. The van der Waals surface area contributed by atoms with Crippen molar-refractivity contribution < 1.29 is 45.0 Å². The number of carbonyl (C=O) groups excluding carboxylic acids is 2. The number of carbonyl (C=O) groups is 2. The number of hydrogen-bond donors (Lipinski definition) is 1. The van der Waals surface area contributed by atoms with Crippen LogP contribution in [0.3, 0.4) is 0 Å². The molecule has 0 radical (unpaired) electrons. The predicted octanol–water partition coefficient (Wildman–Crippen LogP) is 4.23. The van der Waals surface area contributed by atoms with Gasteiger partial charge < -0.3 is 24.3 Å². The van der Waals surface area contributed by atoms with Crippen molar-refractivity contribution in [2.45, 2.75) is 117 Å². The van der Waals surface area contributed by atoms with Crippen LogP contribution in [0, 0.1) is 0 Å². The first-order valence-electron chi connectivity index (χ1n) is 14.0. The number of ether oxygens (including phenoxy) is 3. The number of allylic oxidation sites excluding steroid dienone is 2. The minimum absolute atomic E-state index is 0.203. The molecule has 1 atom stereocenters. The van der Waals surface area contributed by atoms with E-state index in [4.69, 9.17) is 14.2 Å². The standard InChI is InChI=1S/C24H41N3O5.C4H8.C2H6I/c1-8-11-13-14-19(4)31-18-32-23(29)26-21(16-20(10-3)25-15-12-9-2)22(30-7)27-24(5,6)17-28;1-2-4-3-1;1-3-2/h10,15,17,21H,4,8-9,11-14,16,18H2,1-3,5-7H3,(H,26,29);1-4H2;1-2H3/q;;-1/b20-10-,25-15?,27-22?;;. The van der Waals surface area contributed by atoms with Gasteiger partial charge in [-0.15, -0.1) is 0 Å². The molecule has 0 aromatic rings. The molecule has 1 rings (SSSR count). The molecule has 1 amide bonds. The normalized spacial score (nSPS) is 14.2. The van der Waals surface area contributed by atoms with Crippen LogP contribution in [0.4, 0.5) is 4.79 Å². The molecule has 0 aliphatic heterocycles. The average Bonchev–Trinajstić information content (AvgIpc) is 2.86. The zero-order chi connectivity index (χ0) is 29.9. The van der Waals surface area contributed by atoms with E-state index in [1.54, 1.807) is 13.8 Å². The summed E-state index contributed by atoms with van der Waals surface area (Å²) in [4.78, 5) is 37.0. The predicted molar refractivity (Wildman–Crippen MR) is 159 cm³/mol. The summed E-state index contributed by atoms with van der Waals surface area (Å²) < 4.78 is 15.9. The fourth-order valence-electron chi connectivity index (χ4n) is 2.79. The molecule has 0 aromatic heterocycles. The number of hydrogen-bond acceptors (Lipinski definition) is 7. The summed E-state index contributed by atoms with van der Waals surface area (Å²) >= 11 is 0.590. The number of alkyl carbamates (subject to hydrolysis) is 1. The summed E-state index contributed by atoms with van der Waals surface area (Å²) in [6.07, 6.45) is 15.8. The third-order valence-corrected chi connectivity index (χ3v) is 5.42. The molecule has 1 N–H and O–H groups in total. The third kappa shape index (κ3) is 23.7. The molecule has 39 heavy (non-hydrogen) atoms. The van der Waals surface area contributed by atoms with Crippen LogP contribution in [-0.4, -0.2) is 59.8 Å². The van der Waals surface area contributed by atoms with Crippen LogP contribution in [0.15, 0.2) is 34.1 Å². The van der Waals surface area contributed by atoms with Gasteiger partial charge in [0.2, 0.25) is 12.7 Å². The number of rotatable bonds is 16. The van der Waals surface area contributed by atoms with Gasteiger partial charge in [-0.3, -0.25) is 4.99 Å². The zero-order valence-electron chi connectivity index (χ0n) is 25.8. The Morgan fingerprint density at radius 3 is 2.18 bits per heavy atom. The monoisotopic (exact) mass is 664 g/mol. The Morgan fingerprint density at radius 2 is 1.72 bits per heavy atom. The number of methoxy groups -OCH3 is 1. The molecular formula is C30H55IN3O5-. The summed E-state index contributed by atoms with van der Waals surface area (Å²) in [5, 5.41) is 2.74. The number of nitrogens with one attached hydrogen (secondary N) is 1.